The molecular weight excluding hydrogens is 418 g/mol. The van der Waals surface area contributed by atoms with Crippen molar-refractivity contribution >= 4 is 27.5 Å². The van der Waals surface area contributed by atoms with Crippen LogP contribution in [0.25, 0.3) is 0 Å². The molecule has 3 heterocycles. The standard InChI is InChI=1S/C22H27N3O5S/c1-3-23(4-2)31(28,29)17-9-10-18-16(15-17)11-13-25(18)21(26)19-7-5-12-24(19)22(27)20-8-6-14-30-20/h6,8-10,14-15,19H,3-5,7,11-13H2,1-2H3/t19-/m0/s1. The number of carbonyl (C=O) groups excluding carboxylic acids is 2. The summed E-state index contributed by atoms with van der Waals surface area (Å²) < 4.78 is 32.3. The van der Waals surface area contributed by atoms with Gasteiger partial charge >= 0.3 is 0 Å². The quantitative estimate of drug-likeness (QED) is 0.681. The van der Waals surface area contributed by atoms with Crippen LogP contribution in [0.4, 0.5) is 5.69 Å². The number of sulfonamides is 1. The zero-order valence-electron chi connectivity index (χ0n) is 17.8. The van der Waals surface area contributed by atoms with Gasteiger partial charge < -0.3 is 14.2 Å². The summed E-state index contributed by atoms with van der Waals surface area (Å²) in [5.74, 6) is -0.177. The van der Waals surface area contributed by atoms with Gasteiger partial charge in [-0.3, -0.25) is 9.59 Å². The lowest BCUT2D eigenvalue weighted by molar-refractivity contribution is -0.122. The molecule has 9 heteroatoms. The molecule has 0 saturated carbocycles. The average molecular weight is 446 g/mol. The maximum absolute atomic E-state index is 13.4. The van der Waals surface area contributed by atoms with Gasteiger partial charge in [-0.1, -0.05) is 13.8 Å². The highest BCUT2D eigenvalue weighted by Crippen LogP contribution is 2.33. The first-order valence-corrected chi connectivity index (χ1v) is 12.1. The first-order chi connectivity index (χ1) is 14.9. The molecule has 0 spiro atoms. The van der Waals surface area contributed by atoms with E-state index in [1.165, 1.54) is 10.6 Å². The van der Waals surface area contributed by atoms with E-state index in [0.717, 1.165) is 17.7 Å². The molecule has 0 N–H and O–H groups in total. The molecule has 166 valence electrons. The van der Waals surface area contributed by atoms with Gasteiger partial charge in [0.05, 0.1) is 11.2 Å². The van der Waals surface area contributed by atoms with E-state index in [1.807, 2.05) is 13.8 Å². The number of hydrogen-bond donors (Lipinski definition) is 0. The number of nitrogens with zero attached hydrogens (tertiary/aromatic N) is 3. The number of hydrogen-bond acceptors (Lipinski definition) is 5. The number of rotatable bonds is 6. The first-order valence-electron chi connectivity index (χ1n) is 10.7. The lowest BCUT2D eigenvalue weighted by Crippen LogP contribution is -2.47. The van der Waals surface area contributed by atoms with Crippen molar-refractivity contribution in [3.8, 4) is 0 Å². The second-order valence-corrected chi connectivity index (χ2v) is 9.69. The molecule has 0 radical (unpaired) electrons. The average Bonchev–Trinajstić information content (AvgIpc) is 3.53. The number of furan rings is 1. The topological polar surface area (TPSA) is 91.1 Å². The van der Waals surface area contributed by atoms with Gasteiger partial charge in [0, 0.05) is 31.9 Å². The number of carbonyl (C=O) groups is 2. The van der Waals surface area contributed by atoms with Crippen LogP contribution in [0, 0.1) is 0 Å². The molecular formula is C22H27N3O5S. The Bertz CT molecular complexity index is 1080. The van der Waals surface area contributed by atoms with Crippen molar-refractivity contribution in [2.45, 2.75) is 44.0 Å². The van der Waals surface area contributed by atoms with Crippen molar-refractivity contribution in [2.75, 3.05) is 31.1 Å². The van der Waals surface area contributed by atoms with Crippen LogP contribution in [0.3, 0.4) is 0 Å². The van der Waals surface area contributed by atoms with Crippen LogP contribution >= 0.6 is 0 Å². The molecule has 1 atom stereocenters. The van der Waals surface area contributed by atoms with Crippen LogP contribution in [-0.4, -0.2) is 61.7 Å². The van der Waals surface area contributed by atoms with E-state index in [4.69, 9.17) is 4.42 Å². The van der Waals surface area contributed by atoms with Gasteiger partial charge in [-0.25, -0.2) is 8.42 Å². The second-order valence-electron chi connectivity index (χ2n) is 7.75. The summed E-state index contributed by atoms with van der Waals surface area (Å²) in [5, 5.41) is 0. The lowest BCUT2D eigenvalue weighted by atomic mass is 10.1. The third-order valence-electron chi connectivity index (χ3n) is 6.09. The van der Waals surface area contributed by atoms with E-state index >= 15 is 0 Å². The zero-order chi connectivity index (χ0) is 22.2. The molecule has 1 aromatic heterocycles. The summed E-state index contributed by atoms with van der Waals surface area (Å²) in [5.41, 5.74) is 1.56. The van der Waals surface area contributed by atoms with Gasteiger partial charge in [0.1, 0.15) is 6.04 Å². The fourth-order valence-corrected chi connectivity index (χ4v) is 5.98. The highest BCUT2D eigenvalue weighted by Gasteiger charge is 2.40. The van der Waals surface area contributed by atoms with Gasteiger partial charge in [0.2, 0.25) is 15.9 Å². The smallest absolute Gasteiger partial charge is 0.290 e. The highest BCUT2D eigenvalue weighted by molar-refractivity contribution is 7.89. The van der Waals surface area contributed by atoms with E-state index < -0.39 is 16.1 Å². The second kappa shape index (κ2) is 8.47. The molecule has 1 saturated heterocycles. The highest BCUT2D eigenvalue weighted by atomic mass is 32.2. The Morgan fingerprint density at radius 3 is 2.61 bits per heavy atom. The SMILES string of the molecule is CCN(CC)S(=O)(=O)c1ccc2c(c1)CCN2C(=O)[C@@H]1CCCN1C(=O)c1ccco1. The summed E-state index contributed by atoms with van der Waals surface area (Å²) in [6, 6.07) is 7.67. The first kappa shape index (κ1) is 21.6. The Hall–Kier alpha value is -2.65. The van der Waals surface area contributed by atoms with Gasteiger partial charge in [-0.05, 0) is 55.2 Å². The molecule has 8 nitrogen and oxygen atoms in total. The molecule has 31 heavy (non-hydrogen) atoms. The number of benzene rings is 1. The minimum atomic E-state index is -3.55. The van der Waals surface area contributed by atoms with Crippen molar-refractivity contribution in [2.24, 2.45) is 0 Å². The van der Waals surface area contributed by atoms with Crippen molar-refractivity contribution in [1.82, 2.24) is 9.21 Å². The van der Waals surface area contributed by atoms with Gasteiger partial charge in [-0.15, -0.1) is 0 Å². The Morgan fingerprint density at radius 2 is 1.94 bits per heavy atom. The van der Waals surface area contributed by atoms with Crippen molar-refractivity contribution < 1.29 is 22.4 Å². The maximum Gasteiger partial charge on any atom is 0.290 e. The lowest BCUT2D eigenvalue weighted by Gasteiger charge is -2.28. The van der Waals surface area contributed by atoms with Gasteiger partial charge in [0.25, 0.3) is 5.91 Å². The predicted molar refractivity (Wildman–Crippen MR) is 115 cm³/mol. The summed E-state index contributed by atoms with van der Waals surface area (Å²) in [6.45, 7) is 5.42. The molecule has 2 aliphatic heterocycles. The summed E-state index contributed by atoms with van der Waals surface area (Å²) >= 11 is 0. The number of likely N-dealkylation sites (tertiary alicyclic amines) is 1. The third kappa shape index (κ3) is 3.76. The van der Waals surface area contributed by atoms with E-state index in [-0.39, 0.29) is 22.5 Å². The molecule has 0 unspecified atom stereocenters. The monoisotopic (exact) mass is 445 g/mol. The molecule has 0 bridgehead atoms. The predicted octanol–water partition coefficient (Wildman–Crippen LogP) is 2.50. The number of amides is 2. The van der Waals surface area contributed by atoms with E-state index in [1.54, 1.807) is 40.1 Å². The van der Waals surface area contributed by atoms with Crippen LogP contribution in [0.15, 0.2) is 45.9 Å². The summed E-state index contributed by atoms with van der Waals surface area (Å²) in [7, 11) is -3.55. The third-order valence-corrected chi connectivity index (χ3v) is 8.13. The van der Waals surface area contributed by atoms with Crippen LogP contribution in [0.2, 0.25) is 0 Å². The van der Waals surface area contributed by atoms with Crippen LogP contribution in [0.1, 0.15) is 42.8 Å². The number of fused-ring (bicyclic) bond motifs is 1. The maximum atomic E-state index is 13.4. The van der Waals surface area contributed by atoms with Crippen LogP contribution < -0.4 is 4.90 Å². The Labute approximate surface area is 182 Å². The summed E-state index contributed by atoms with van der Waals surface area (Å²) in [6.07, 6.45) is 3.39. The molecule has 0 aliphatic carbocycles. The molecule has 1 fully saturated rings. The van der Waals surface area contributed by atoms with Crippen LogP contribution in [-0.2, 0) is 21.2 Å². The Morgan fingerprint density at radius 1 is 1.16 bits per heavy atom. The normalized spacial score (nSPS) is 18.6. The molecule has 1 aromatic carbocycles. The minimum absolute atomic E-state index is 0.129. The van der Waals surface area contributed by atoms with E-state index in [9.17, 15) is 18.0 Å². The van der Waals surface area contributed by atoms with Crippen LogP contribution in [0.5, 0.6) is 0 Å². The molecule has 2 amide bonds. The van der Waals surface area contributed by atoms with E-state index in [0.29, 0.717) is 39.0 Å². The van der Waals surface area contributed by atoms with E-state index in [2.05, 4.69) is 0 Å². The van der Waals surface area contributed by atoms with Crippen molar-refractivity contribution in [3.05, 3.63) is 47.9 Å². The van der Waals surface area contributed by atoms with Crippen molar-refractivity contribution in [1.29, 1.82) is 0 Å². The van der Waals surface area contributed by atoms with Crippen molar-refractivity contribution in [3.63, 3.8) is 0 Å². The Kier molecular flexibility index (Phi) is 5.90. The Balaban J connectivity index is 1.57. The fraction of sp³-hybridized carbons (Fsp3) is 0.455. The fourth-order valence-electron chi connectivity index (χ4n) is 4.47. The molecule has 2 aliphatic rings. The summed E-state index contributed by atoms with van der Waals surface area (Å²) in [4.78, 5) is 29.6. The van der Waals surface area contributed by atoms with Gasteiger partial charge in [-0.2, -0.15) is 4.31 Å². The largest absolute Gasteiger partial charge is 0.459 e. The molecule has 2 aromatic rings. The zero-order valence-corrected chi connectivity index (χ0v) is 18.6. The van der Waals surface area contributed by atoms with Gasteiger partial charge in [0.15, 0.2) is 5.76 Å². The molecule has 4 rings (SSSR count). The minimum Gasteiger partial charge on any atom is -0.459 e. The number of anilines is 1.